The number of halogens is 1. The number of benzene rings is 1. The van der Waals surface area contributed by atoms with Gasteiger partial charge in [0.05, 0.1) is 23.9 Å². The van der Waals surface area contributed by atoms with E-state index < -0.39 is 0 Å². The van der Waals surface area contributed by atoms with E-state index in [1.807, 2.05) is 20.9 Å². The maximum Gasteiger partial charge on any atom is 0.124 e. The first-order valence-electron chi connectivity index (χ1n) is 6.01. The predicted octanol–water partition coefficient (Wildman–Crippen LogP) is 3.22. The van der Waals surface area contributed by atoms with Crippen LogP contribution in [0.5, 0.6) is 5.75 Å². The molecule has 1 aromatic heterocycles. The predicted molar refractivity (Wildman–Crippen MR) is 75.4 cm³/mol. The van der Waals surface area contributed by atoms with Crippen LogP contribution in [0.3, 0.4) is 0 Å². The maximum atomic E-state index is 13.5. The monoisotopic (exact) mass is 280 g/mol. The van der Waals surface area contributed by atoms with Crippen molar-refractivity contribution in [1.29, 1.82) is 0 Å². The largest absolute Gasteiger partial charge is 0.496 e. The van der Waals surface area contributed by atoms with Crippen molar-refractivity contribution in [2.75, 3.05) is 14.2 Å². The summed E-state index contributed by atoms with van der Waals surface area (Å²) in [4.78, 5) is 5.51. The minimum atomic E-state index is -0.269. The third-order valence-corrected chi connectivity index (χ3v) is 4.13. The molecule has 2 aromatic rings. The number of nitrogens with zero attached hydrogens (tertiary/aromatic N) is 1. The number of thiazole rings is 1. The topological polar surface area (TPSA) is 34.1 Å². The molecule has 0 radical (unpaired) electrons. The van der Waals surface area contributed by atoms with Gasteiger partial charge in [-0.3, -0.25) is 0 Å². The lowest BCUT2D eigenvalue weighted by Crippen LogP contribution is -2.18. The van der Waals surface area contributed by atoms with Crippen LogP contribution in [0.25, 0.3) is 0 Å². The first-order chi connectivity index (χ1) is 9.06. The fourth-order valence-electron chi connectivity index (χ4n) is 2.17. The van der Waals surface area contributed by atoms with Gasteiger partial charge < -0.3 is 10.1 Å². The van der Waals surface area contributed by atoms with E-state index in [9.17, 15) is 4.39 Å². The molecule has 0 spiro atoms. The van der Waals surface area contributed by atoms with E-state index >= 15 is 0 Å². The Hall–Kier alpha value is -1.46. The van der Waals surface area contributed by atoms with Gasteiger partial charge in [0, 0.05) is 10.4 Å². The maximum absolute atomic E-state index is 13.5. The van der Waals surface area contributed by atoms with Gasteiger partial charge in [-0.15, -0.1) is 11.3 Å². The third-order valence-electron chi connectivity index (χ3n) is 2.99. The highest BCUT2D eigenvalue weighted by molar-refractivity contribution is 7.11. The molecule has 0 aliphatic rings. The number of aromatic nitrogens is 1. The molecule has 0 saturated heterocycles. The van der Waals surface area contributed by atoms with Gasteiger partial charge in [-0.2, -0.15) is 0 Å². The van der Waals surface area contributed by atoms with Crippen molar-refractivity contribution in [2.45, 2.75) is 19.9 Å². The van der Waals surface area contributed by atoms with Crippen molar-refractivity contribution in [3.05, 3.63) is 45.2 Å². The van der Waals surface area contributed by atoms with E-state index in [-0.39, 0.29) is 11.9 Å². The Bertz CT molecular complexity index is 583. The summed E-state index contributed by atoms with van der Waals surface area (Å²) in [7, 11) is 3.44. The number of aryl methyl sites for hydroxylation is 2. The van der Waals surface area contributed by atoms with Gasteiger partial charge in [-0.1, -0.05) is 0 Å². The molecule has 2 rings (SSSR count). The molecular weight excluding hydrogens is 263 g/mol. The number of hydrogen-bond acceptors (Lipinski definition) is 4. The van der Waals surface area contributed by atoms with E-state index in [2.05, 4.69) is 10.3 Å². The molecule has 0 amide bonds. The van der Waals surface area contributed by atoms with Crippen molar-refractivity contribution in [3.63, 3.8) is 0 Å². The summed E-state index contributed by atoms with van der Waals surface area (Å²) in [5, 5.41) is 4.22. The van der Waals surface area contributed by atoms with Crippen molar-refractivity contribution in [3.8, 4) is 5.75 Å². The van der Waals surface area contributed by atoms with E-state index in [1.54, 1.807) is 24.5 Å². The van der Waals surface area contributed by atoms with Crippen molar-refractivity contribution >= 4 is 11.3 Å². The van der Waals surface area contributed by atoms with E-state index in [0.29, 0.717) is 5.75 Å². The lowest BCUT2D eigenvalue weighted by atomic mass is 10.0. The van der Waals surface area contributed by atoms with E-state index in [4.69, 9.17) is 4.74 Å². The highest BCUT2D eigenvalue weighted by Crippen LogP contribution is 2.34. The number of nitrogens with one attached hydrogen (secondary N) is 1. The van der Waals surface area contributed by atoms with Gasteiger partial charge in [-0.25, -0.2) is 9.37 Å². The SMILES string of the molecule is CNC(c1cc(F)ccc1OC)c1sc(C)nc1C. The van der Waals surface area contributed by atoms with Crippen LogP contribution in [-0.4, -0.2) is 19.1 Å². The van der Waals surface area contributed by atoms with Crippen LogP contribution in [0.1, 0.15) is 27.2 Å². The average molecular weight is 280 g/mol. The molecule has 1 unspecified atom stereocenters. The highest BCUT2D eigenvalue weighted by atomic mass is 32.1. The van der Waals surface area contributed by atoms with Gasteiger partial charge in [0.1, 0.15) is 11.6 Å². The molecule has 5 heteroatoms. The van der Waals surface area contributed by atoms with Crippen LogP contribution < -0.4 is 10.1 Å². The molecule has 102 valence electrons. The van der Waals surface area contributed by atoms with Gasteiger partial charge in [-0.05, 0) is 39.1 Å². The Morgan fingerprint density at radius 1 is 1.37 bits per heavy atom. The molecule has 1 N–H and O–H groups in total. The number of rotatable bonds is 4. The number of methoxy groups -OCH3 is 1. The molecule has 0 saturated carbocycles. The Morgan fingerprint density at radius 2 is 2.11 bits per heavy atom. The summed E-state index contributed by atoms with van der Waals surface area (Å²) in [6.45, 7) is 3.94. The standard InChI is InChI=1S/C14H17FN2OS/c1-8-14(19-9(2)17-8)13(16-3)11-7-10(15)5-6-12(11)18-4/h5-7,13,16H,1-4H3. The van der Waals surface area contributed by atoms with Crippen LogP contribution in [0.15, 0.2) is 18.2 Å². The van der Waals surface area contributed by atoms with Crippen LogP contribution in [0.4, 0.5) is 4.39 Å². The van der Waals surface area contributed by atoms with Crippen LogP contribution in [-0.2, 0) is 0 Å². The summed E-state index contributed by atoms with van der Waals surface area (Å²) in [5.74, 6) is 0.404. The normalized spacial score (nSPS) is 12.5. The Labute approximate surface area is 116 Å². The lowest BCUT2D eigenvalue weighted by molar-refractivity contribution is 0.404. The van der Waals surface area contributed by atoms with Gasteiger partial charge >= 0.3 is 0 Å². The van der Waals surface area contributed by atoms with Crippen LogP contribution in [0.2, 0.25) is 0 Å². The Balaban J connectivity index is 2.53. The molecule has 3 nitrogen and oxygen atoms in total. The van der Waals surface area contributed by atoms with Gasteiger partial charge in [0.25, 0.3) is 0 Å². The summed E-state index contributed by atoms with van der Waals surface area (Å²) in [6.07, 6.45) is 0. The Kier molecular flexibility index (Phi) is 4.17. The molecule has 1 atom stereocenters. The van der Waals surface area contributed by atoms with Crippen LogP contribution >= 0.6 is 11.3 Å². The minimum absolute atomic E-state index is 0.114. The molecule has 0 bridgehead atoms. The van der Waals surface area contributed by atoms with Crippen LogP contribution in [0, 0.1) is 19.7 Å². The smallest absolute Gasteiger partial charge is 0.124 e. The first kappa shape index (κ1) is 14.0. The second kappa shape index (κ2) is 5.67. The highest BCUT2D eigenvalue weighted by Gasteiger charge is 2.21. The second-order valence-electron chi connectivity index (χ2n) is 4.29. The van der Waals surface area contributed by atoms with Crippen molar-refractivity contribution in [1.82, 2.24) is 10.3 Å². The van der Waals surface area contributed by atoms with Crippen molar-refractivity contribution < 1.29 is 9.13 Å². The van der Waals surface area contributed by atoms with E-state index in [0.717, 1.165) is 21.1 Å². The number of hydrogen-bond donors (Lipinski definition) is 1. The second-order valence-corrected chi connectivity index (χ2v) is 5.53. The Morgan fingerprint density at radius 3 is 2.63 bits per heavy atom. The fraction of sp³-hybridized carbons (Fsp3) is 0.357. The zero-order valence-electron chi connectivity index (χ0n) is 11.5. The summed E-state index contributed by atoms with van der Waals surface area (Å²) >= 11 is 1.62. The molecule has 0 fully saturated rings. The van der Waals surface area contributed by atoms with Gasteiger partial charge in [0.2, 0.25) is 0 Å². The average Bonchev–Trinajstić information content (AvgIpc) is 2.70. The molecule has 0 aliphatic carbocycles. The quantitative estimate of drug-likeness (QED) is 0.933. The summed E-state index contributed by atoms with van der Waals surface area (Å²) in [5.41, 5.74) is 1.75. The minimum Gasteiger partial charge on any atom is -0.496 e. The zero-order chi connectivity index (χ0) is 14.0. The molecule has 1 aromatic carbocycles. The molecule has 1 heterocycles. The zero-order valence-corrected chi connectivity index (χ0v) is 12.3. The van der Waals surface area contributed by atoms with Crippen molar-refractivity contribution in [2.24, 2.45) is 0 Å². The molecule has 19 heavy (non-hydrogen) atoms. The molecular formula is C14H17FN2OS. The summed E-state index contributed by atoms with van der Waals surface area (Å²) in [6, 6.07) is 4.45. The van der Waals surface area contributed by atoms with E-state index in [1.165, 1.54) is 12.1 Å². The lowest BCUT2D eigenvalue weighted by Gasteiger charge is -2.18. The molecule has 0 aliphatic heterocycles. The third kappa shape index (κ3) is 2.77. The van der Waals surface area contributed by atoms with Gasteiger partial charge in [0.15, 0.2) is 0 Å². The number of ether oxygens (including phenoxy) is 1. The summed E-state index contributed by atoms with van der Waals surface area (Å²) < 4.78 is 18.8. The fourth-order valence-corrected chi connectivity index (χ4v) is 3.23. The first-order valence-corrected chi connectivity index (χ1v) is 6.83.